The van der Waals surface area contributed by atoms with Gasteiger partial charge in [-0.1, -0.05) is 86.1 Å². The zero-order chi connectivity index (χ0) is 24.9. The molecule has 184 valence electrons. The fourth-order valence-corrected chi connectivity index (χ4v) is 4.07. The van der Waals surface area contributed by atoms with E-state index in [2.05, 4.69) is 12.2 Å². The molecule has 0 spiro atoms. The lowest BCUT2D eigenvalue weighted by molar-refractivity contribution is -0.141. The number of unbranched alkanes of at least 4 members (excludes halogenated alkanes) is 1. The molecule has 1 atom stereocenters. The van der Waals surface area contributed by atoms with Crippen LogP contribution >= 0.6 is 0 Å². The summed E-state index contributed by atoms with van der Waals surface area (Å²) in [7, 11) is 1.63. The van der Waals surface area contributed by atoms with Gasteiger partial charge in [-0.05, 0) is 41.7 Å². The van der Waals surface area contributed by atoms with Crippen LogP contribution in [-0.2, 0) is 29.0 Å². The first-order chi connectivity index (χ1) is 17.1. The van der Waals surface area contributed by atoms with E-state index in [4.69, 9.17) is 4.74 Å². The van der Waals surface area contributed by atoms with Crippen LogP contribution in [0.3, 0.4) is 0 Å². The quantitative estimate of drug-likeness (QED) is 0.349. The minimum atomic E-state index is -0.608. The Morgan fingerprint density at radius 2 is 1.54 bits per heavy atom. The third-order valence-electron chi connectivity index (χ3n) is 6.06. The summed E-state index contributed by atoms with van der Waals surface area (Å²) in [5.74, 6) is 0.577. The number of aryl methyl sites for hydroxylation is 1. The second-order valence-corrected chi connectivity index (χ2v) is 8.71. The molecule has 0 unspecified atom stereocenters. The van der Waals surface area contributed by atoms with E-state index in [9.17, 15) is 9.59 Å². The molecule has 0 bridgehead atoms. The van der Waals surface area contributed by atoms with E-state index >= 15 is 0 Å². The molecule has 35 heavy (non-hydrogen) atoms. The standard InChI is InChI=1S/C30H36N2O3/c1-3-4-20-31-30(34)28(22-25-14-9-6-10-15-25)32(23-26-16-11-17-27(21-26)35-2)29(33)19-18-24-12-7-5-8-13-24/h5-17,21,28H,3-4,18-20,22-23H2,1-2H3,(H,31,34)/t28-/m1/s1. The maximum absolute atomic E-state index is 13.7. The molecule has 0 radical (unpaired) electrons. The average molecular weight is 473 g/mol. The Labute approximate surface area is 209 Å². The monoisotopic (exact) mass is 472 g/mol. The van der Waals surface area contributed by atoms with Crippen molar-refractivity contribution in [1.82, 2.24) is 10.2 Å². The summed E-state index contributed by atoms with van der Waals surface area (Å²) in [5.41, 5.74) is 3.06. The van der Waals surface area contributed by atoms with E-state index in [-0.39, 0.29) is 11.8 Å². The predicted molar refractivity (Wildman–Crippen MR) is 140 cm³/mol. The van der Waals surface area contributed by atoms with Gasteiger partial charge in [-0.25, -0.2) is 0 Å². The van der Waals surface area contributed by atoms with Crippen molar-refractivity contribution in [2.75, 3.05) is 13.7 Å². The Bertz CT molecular complexity index is 1050. The number of rotatable bonds is 13. The molecule has 0 aliphatic rings. The summed E-state index contributed by atoms with van der Waals surface area (Å²) in [6.45, 7) is 3.03. The molecule has 1 N–H and O–H groups in total. The van der Waals surface area contributed by atoms with E-state index in [1.807, 2.05) is 84.9 Å². The third kappa shape index (κ3) is 8.29. The Morgan fingerprint density at radius 1 is 0.886 bits per heavy atom. The number of carbonyl (C=O) groups excluding carboxylic acids is 2. The summed E-state index contributed by atoms with van der Waals surface area (Å²) in [6.07, 6.45) is 3.32. The number of hydrogen-bond acceptors (Lipinski definition) is 3. The fraction of sp³-hybridized carbons (Fsp3) is 0.333. The number of ether oxygens (including phenoxy) is 1. The Morgan fingerprint density at radius 3 is 2.20 bits per heavy atom. The maximum Gasteiger partial charge on any atom is 0.243 e. The number of hydrogen-bond donors (Lipinski definition) is 1. The molecule has 0 aliphatic heterocycles. The van der Waals surface area contributed by atoms with Gasteiger partial charge < -0.3 is 15.0 Å². The normalized spacial score (nSPS) is 11.5. The summed E-state index contributed by atoms with van der Waals surface area (Å²) >= 11 is 0. The van der Waals surface area contributed by atoms with Crippen molar-refractivity contribution in [1.29, 1.82) is 0 Å². The van der Waals surface area contributed by atoms with Gasteiger partial charge in [-0.15, -0.1) is 0 Å². The zero-order valence-corrected chi connectivity index (χ0v) is 20.8. The second-order valence-electron chi connectivity index (χ2n) is 8.71. The van der Waals surface area contributed by atoms with Crippen molar-refractivity contribution in [2.45, 2.75) is 51.6 Å². The van der Waals surface area contributed by atoms with Crippen LogP contribution in [0.1, 0.15) is 42.9 Å². The molecule has 0 heterocycles. The van der Waals surface area contributed by atoms with Gasteiger partial charge in [0.2, 0.25) is 11.8 Å². The second kappa shape index (κ2) is 14.0. The highest BCUT2D eigenvalue weighted by atomic mass is 16.5. The van der Waals surface area contributed by atoms with Crippen LogP contribution in [0.15, 0.2) is 84.9 Å². The van der Waals surface area contributed by atoms with Gasteiger partial charge in [-0.3, -0.25) is 9.59 Å². The molecular weight excluding hydrogens is 436 g/mol. The molecule has 0 aliphatic carbocycles. The molecule has 0 saturated heterocycles. The van der Waals surface area contributed by atoms with Crippen molar-refractivity contribution >= 4 is 11.8 Å². The van der Waals surface area contributed by atoms with Crippen LogP contribution in [0.5, 0.6) is 5.75 Å². The van der Waals surface area contributed by atoms with Crippen molar-refractivity contribution in [2.24, 2.45) is 0 Å². The Balaban J connectivity index is 1.89. The largest absolute Gasteiger partial charge is 0.497 e. The molecule has 2 amide bonds. The van der Waals surface area contributed by atoms with E-state index in [0.29, 0.717) is 32.4 Å². The highest BCUT2D eigenvalue weighted by Crippen LogP contribution is 2.19. The molecule has 0 aromatic heterocycles. The summed E-state index contributed by atoms with van der Waals surface area (Å²) in [5, 5.41) is 3.06. The Kier molecular flexibility index (Phi) is 10.4. The van der Waals surface area contributed by atoms with Gasteiger partial charge in [0, 0.05) is 25.9 Å². The number of nitrogens with zero attached hydrogens (tertiary/aromatic N) is 1. The van der Waals surface area contributed by atoms with Crippen LogP contribution in [0.2, 0.25) is 0 Å². The molecular formula is C30H36N2O3. The number of methoxy groups -OCH3 is 1. The van der Waals surface area contributed by atoms with Gasteiger partial charge in [0.15, 0.2) is 0 Å². The summed E-state index contributed by atoms with van der Waals surface area (Å²) in [6, 6.07) is 26.9. The molecule has 5 nitrogen and oxygen atoms in total. The highest BCUT2D eigenvalue weighted by molar-refractivity contribution is 5.88. The molecule has 5 heteroatoms. The van der Waals surface area contributed by atoms with Crippen LogP contribution in [0.25, 0.3) is 0 Å². The first-order valence-electron chi connectivity index (χ1n) is 12.4. The zero-order valence-electron chi connectivity index (χ0n) is 20.8. The number of amides is 2. The van der Waals surface area contributed by atoms with Gasteiger partial charge >= 0.3 is 0 Å². The van der Waals surface area contributed by atoms with Crippen molar-refractivity contribution in [3.05, 3.63) is 102 Å². The van der Waals surface area contributed by atoms with Crippen LogP contribution in [0.4, 0.5) is 0 Å². The maximum atomic E-state index is 13.7. The van der Waals surface area contributed by atoms with Crippen LogP contribution in [-0.4, -0.2) is 36.4 Å². The van der Waals surface area contributed by atoms with Crippen molar-refractivity contribution in [3.63, 3.8) is 0 Å². The van der Waals surface area contributed by atoms with Crippen LogP contribution in [0, 0.1) is 0 Å². The van der Waals surface area contributed by atoms with Gasteiger partial charge in [0.1, 0.15) is 11.8 Å². The van der Waals surface area contributed by atoms with Crippen LogP contribution < -0.4 is 10.1 Å². The Hall–Kier alpha value is -3.60. The number of benzene rings is 3. The highest BCUT2D eigenvalue weighted by Gasteiger charge is 2.30. The molecule has 0 saturated carbocycles. The topological polar surface area (TPSA) is 58.6 Å². The average Bonchev–Trinajstić information content (AvgIpc) is 2.90. The van der Waals surface area contributed by atoms with E-state index in [0.717, 1.165) is 35.3 Å². The molecule has 3 aromatic carbocycles. The lowest BCUT2D eigenvalue weighted by Crippen LogP contribution is -2.50. The first kappa shape index (κ1) is 26.0. The SMILES string of the molecule is CCCCNC(=O)[C@@H](Cc1ccccc1)N(Cc1cccc(OC)c1)C(=O)CCc1ccccc1. The van der Waals surface area contributed by atoms with Crippen molar-refractivity contribution < 1.29 is 14.3 Å². The molecule has 0 fully saturated rings. The lowest BCUT2D eigenvalue weighted by atomic mass is 10.0. The molecule has 3 aromatic rings. The summed E-state index contributed by atoms with van der Waals surface area (Å²) in [4.78, 5) is 28.8. The van der Waals surface area contributed by atoms with E-state index in [1.54, 1.807) is 12.0 Å². The fourth-order valence-electron chi connectivity index (χ4n) is 4.07. The van der Waals surface area contributed by atoms with Gasteiger partial charge in [0.05, 0.1) is 7.11 Å². The number of nitrogens with one attached hydrogen (secondary N) is 1. The van der Waals surface area contributed by atoms with E-state index in [1.165, 1.54) is 0 Å². The molecule has 3 rings (SSSR count). The minimum absolute atomic E-state index is 0.0387. The first-order valence-corrected chi connectivity index (χ1v) is 12.4. The lowest BCUT2D eigenvalue weighted by Gasteiger charge is -2.32. The van der Waals surface area contributed by atoms with E-state index < -0.39 is 6.04 Å². The predicted octanol–water partition coefficient (Wildman–Crippen LogP) is 5.18. The van der Waals surface area contributed by atoms with Gasteiger partial charge in [0.25, 0.3) is 0 Å². The third-order valence-corrected chi connectivity index (χ3v) is 6.06. The smallest absolute Gasteiger partial charge is 0.243 e. The number of carbonyl (C=O) groups is 2. The van der Waals surface area contributed by atoms with Crippen molar-refractivity contribution in [3.8, 4) is 5.75 Å². The van der Waals surface area contributed by atoms with Gasteiger partial charge in [-0.2, -0.15) is 0 Å². The summed E-state index contributed by atoms with van der Waals surface area (Å²) < 4.78 is 5.39. The minimum Gasteiger partial charge on any atom is -0.497 e.